The summed E-state index contributed by atoms with van der Waals surface area (Å²) in [6.45, 7) is 8.63. The largest absolute Gasteiger partial charge is 0.444 e. The van der Waals surface area contributed by atoms with E-state index in [0.29, 0.717) is 12.1 Å². The first kappa shape index (κ1) is 41.7. The Kier molecular flexibility index (Phi) is 13.0. The highest BCUT2D eigenvalue weighted by Crippen LogP contribution is 2.44. The van der Waals surface area contributed by atoms with Gasteiger partial charge in [-0.1, -0.05) is 32.1 Å². The Morgan fingerprint density at radius 1 is 1.00 bits per heavy atom. The first-order valence-electron chi connectivity index (χ1n) is 19.6. The zero-order chi connectivity index (χ0) is 40.2. The molecule has 4 fully saturated rings. The number of ether oxygens (including phenoxy) is 2. The van der Waals surface area contributed by atoms with Gasteiger partial charge in [0, 0.05) is 38.4 Å². The lowest BCUT2D eigenvalue weighted by atomic mass is 9.83. The summed E-state index contributed by atoms with van der Waals surface area (Å²) in [5.41, 5.74) is -0.891. The fourth-order valence-corrected chi connectivity index (χ4v) is 8.14. The summed E-state index contributed by atoms with van der Waals surface area (Å²) in [6, 6.07) is -0.854. The van der Waals surface area contributed by atoms with Crippen molar-refractivity contribution >= 4 is 41.4 Å². The number of hydrogen-bond acceptors (Lipinski definition) is 9. The number of carbonyl (C=O) groups is 7. The Labute approximate surface area is 322 Å². The minimum atomic E-state index is -1.20. The molecular formula is C39H59N7O9. The molecule has 0 aromatic carbocycles. The fourth-order valence-electron chi connectivity index (χ4n) is 8.14. The highest BCUT2D eigenvalue weighted by molar-refractivity contribution is 6.38. The quantitative estimate of drug-likeness (QED) is 0.175. The first-order chi connectivity index (χ1) is 25.8. The molecule has 6 atom stereocenters. The van der Waals surface area contributed by atoms with Gasteiger partial charge in [-0.05, 0) is 84.3 Å². The average Bonchev–Trinajstić information content (AvgIpc) is 3.48. The minimum Gasteiger partial charge on any atom is -0.444 e. The van der Waals surface area contributed by atoms with Crippen molar-refractivity contribution in [3.8, 4) is 0 Å². The number of aromatic nitrogens is 1. The van der Waals surface area contributed by atoms with Crippen molar-refractivity contribution in [1.29, 1.82) is 0 Å². The molecule has 6 amide bonds. The van der Waals surface area contributed by atoms with Crippen LogP contribution in [0.4, 0.5) is 4.79 Å². The van der Waals surface area contributed by atoms with Crippen LogP contribution in [0, 0.1) is 17.8 Å². The normalized spacial score (nSPS) is 23.8. The van der Waals surface area contributed by atoms with Crippen LogP contribution >= 0.6 is 0 Å². The van der Waals surface area contributed by atoms with Crippen LogP contribution in [0.2, 0.25) is 0 Å². The van der Waals surface area contributed by atoms with Crippen molar-refractivity contribution in [2.75, 3.05) is 27.2 Å². The highest BCUT2D eigenvalue weighted by atomic mass is 16.6. The van der Waals surface area contributed by atoms with Crippen LogP contribution in [-0.2, 0) is 38.2 Å². The van der Waals surface area contributed by atoms with Crippen molar-refractivity contribution in [2.45, 2.75) is 134 Å². The van der Waals surface area contributed by atoms with E-state index in [1.54, 1.807) is 53.2 Å². The number of hydrogen-bond donors (Lipinski definition) is 5. The van der Waals surface area contributed by atoms with Gasteiger partial charge >= 0.3 is 6.09 Å². The Morgan fingerprint density at radius 3 is 2.29 bits per heavy atom. The van der Waals surface area contributed by atoms with Crippen molar-refractivity contribution in [2.24, 2.45) is 17.8 Å². The summed E-state index contributed by atoms with van der Waals surface area (Å²) in [7, 11) is 3.10. The maximum Gasteiger partial charge on any atom is 0.408 e. The SMILES string of the molecule is CN(C)C(=O)[C@@H](NC(=O)CNC(=O)C(=O)C(CC1CC1)NC(=O)[C@@H]1C2CC(C)(C)OC2CN1C(=O)[C@@H](NC(=O)OC(C)(C)C)C1CCCCC1)c1ccc[nH]1. The molecule has 3 unspecified atom stereocenters. The summed E-state index contributed by atoms with van der Waals surface area (Å²) < 4.78 is 11.9. The molecule has 3 heterocycles. The third kappa shape index (κ3) is 10.9. The Hall–Kier alpha value is -4.47. The van der Waals surface area contributed by atoms with E-state index in [0.717, 1.165) is 44.9 Å². The number of H-pyrrole nitrogens is 1. The van der Waals surface area contributed by atoms with E-state index < -0.39 is 89.4 Å². The predicted octanol–water partition coefficient (Wildman–Crippen LogP) is 2.10. The standard InChI is InChI=1S/C39H59N7O9/c1-38(2,3)55-37(53)44-29(23-12-9-8-10-13-23)36(52)46-21-27-24(19-39(4,5)54-27)31(46)33(49)42-26(18-22-15-16-22)32(48)34(50)41-20-28(47)43-30(35(51)45(6)7)25-14-11-17-40-25/h11,14,17,22-24,26-27,29-31,40H,8-10,12-13,15-16,18-21H2,1-7H3,(H,41,50)(H,42,49)(H,43,47)(H,44,53)/t24?,26?,27?,29-,30-,31-/m0/s1. The number of likely N-dealkylation sites (tertiary alicyclic amines) is 1. The summed E-state index contributed by atoms with van der Waals surface area (Å²) in [5, 5.41) is 10.6. The van der Waals surface area contributed by atoms with E-state index in [2.05, 4.69) is 26.3 Å². The van der Waals surface area contributed by atoms with Gasteiger partial charge in [-0.25, -0.2) is 4.79 Å². The number of likely N-dealkylation sites (N-methyl/N-ethyl adjacent to an activating group) is 1. The molecule has 1 aromatic heterocycles. The zero-order valence-corrected chi connectivity index (χ0v) is 33.2. The van der Waals surface area contributed by atoms with E-state index in [9.17, 15) is 33.6 Å². The van der Waals surface area contributed by atoms with Crippen molar-refractivity contribution in [3.05, 3.63) is 24.0 Å². The second kappa shape index (κ2) is 17.1. The molecule has 16 nitrogen and oxygen atoms in total. The summed E-state index contributed by atoms with van der Waals surface area (Å²) in [5.74, 6) is -4.47. The maximum absolute atomic E-state index is 14.6. The third-order valence-electron chi connectivity index (χ3n) is 10.9. The first-order valence-corrected chi connectivity index (χ1v) is 19.6. The smallest absolute Gasteiger partial charge is 0.408 e. The summed E-state index contributed by atoms with van der Waals surface area (Å²) >= 11 is 0. The van der Waals surface area contributed by atoms with Crippen molar-refractivity contribution in [3.63, 3.8) is 0 Å². The average molecular weight is 770 g/mol. The van der Waals surface area contributed by atoms with Crippen LogP contribution in [0.1, 0.15) is 104 Å². The zero-order valence-electron chi connectivity index (χ0n) is 33.2. The molecule has 2 saturated heterocycles. The van der Waals surface area contributed by atoms with Crippen LogP contribution < -0.4 is 21.3 Å². The molecule has 0 radical (unpaired) electrons. The van der Waals surface area contributed by atoms with Gasteiger partial charge in [0.15, 0.2) is 0 Å². The Morgan fingerprint density at radius 2 is 1.69 bits per heavy atom. The molecule has 1 aromatic rings. The van der Waals surface area contributed by atoms with Gasteiger partial charge in [-0.15, -0.1) is 0 Å². The number of carbonyl (C=O) groups excluding carboxylic acids is 7. The van der Waals surface area contributed by atoms with Gasteiger partial charge in [0.05, 0.1) is 24.3 Å². The molecule has 4 aliphatic rings. The molecule has 5 rings (SSSR count). The molecule has 304 valence electrons. The van der Waals surface area contributed by atoms with Crippen LogP contribution in [0.3, 0.4) is 0 Å². The number of rotatable bonds is 14. The van der Waals surface area contributed by atoms with E-state index >= 15 is 0 Å². The Balaban J connectivity index is 1.31. The van der Waals surface area contributed by atoms with E-state index in [4.69, 9.17) is 9.47 Å². The van der Waals surface area contributed by atoms with Gasteiger partial charge in [0.25, 0.3) is 11.8 Å². The van der Waals surface area contributed by atoms with Crippen LogP contribution in [0.25, 0.3) is 0 Å². The second-order valence-electron chi connectivity index (χ2n) is 17.4. The molecule has 2 aliphatic carbocycles. The number of alkyl carbamates (subject to hydrolysis) is 1. The lowest BCUT2D eigenvalue weighted by molar-refractivity contribution is -0.145. The monoisotopic (exact) mass is 769 g/mol. The number of Topliss-reactive ketones (excluding diaryl/α,β-unsaturated/α-hetero) is 1. The number of nitrogens with zero attached hydrogens (tertiary/aromatic N) is 2. The topological polar surface area (TPSA) is 208 Å². The van der Waals surface area contributed by atoms with Crippen molar-refractivity contribution in [1.82, 2.24) is 36.1 Å². The van der Waals surface area contributed by atoms with Gasteiger partial charge < -0.3 is 45.5 Å². The number of ketones is 1. The number of fused-ring (bicyclic) bond motifs is 1. The molecule has 0 spiro atoms. The van der Waals surface area contributed by atoms with Gasteiger partial charge in [-0.3, -0.25) is 28.8 Å². The molecule has 2 saturated carbocycles. The van der Waals surface area contributed by atoms with Crippen LogP contribution in [-0.4, -0.2) is 119 Å². The second-order valence-corrected chi connectivity index (χ2v) is 17.4. The highest BCUT2D eigenvalue weighted by Gasteiger charge is 2.56. The molecule has 0 bridgehead atoms. The maximum atomic E-state index is 14.6. The number of amides is 6. The van der Waals surface area contributed by atoms with Crippen molar-refractivity contribution < 1.29 is 43.0 Å². The van der Waals surface area contributed by atoms with E-state index in [1.807, 2.05) is 13.8 Å². The van der Waals surface area contributed by atoms with E-state index in [-0.39, 0.29) is 30.7 Å². The predicted molar refractivity (Wildman–Crippen MR) is 200 cm³/mol. The molecule has 5 N–H and O–H groups in total. The third-order valence-corrected chi connectivity index (χ3v) is 10.9. The number of aromatic amines is 1. The fraction of sp³-hybridized carbons (Fsp3) is 0.718. The van der Waals surface area contributed by atoms with E-state index in [1.165, 1.54) is 9.80 Å². The molecule has 55 heavy (non-hydrogen) atoms. The lowest BCUT2D eigenvalue weighted by Gasteiger charge is -2.36. The van der Waals surface area contributed by atoms with Gasteiger partial charge in [0.1, 0.15) is 23.7 Å². The molecule has 16 heteroatoms. The lowest BCUT2D eigenvalue weighted by Crippen LogP contribution is -2.59. The Bertz CT molecular complexity index is 1590. The molecule has 2 aliphatic heterocycles. The van der Waals surface area contributed by atoms with Gasteiger partial charge in [-0.2, -0.15) is 0 Å². The van der Waals surface area contributed by atoms with Crippen LogP contribution in [0.5, 0.6) is 0 Å². The minimum absolute atomic E-state index is 0.125. The summed E-state index contributed by atoms with van der Waals surface area (Å²) in [6.07, 6.45) is 7.14. The van der Waals surface area contributed by atoms with Crippen LogP contribution in [0.15, 0.2) is 18.3 Å². The molecular weight excluding hydrogens is 710 g/mol. The van der Waals surface area contributed by atoms with Gasteiger partial charge in [0.2, 0.25) is 23.5 Å². The number of nitrogens with one attached hydrogen (secondary N) is 5. The summed E-state index contributed by atoms with van der Waals surface area (Å²) in [4.78, 5) is 100.